The van der Waals surface area contributed by atoms with E-state index in [4.69, 9.17) is 4.74 Å². The first kappa shape index (κ1) is 13.7. The molecule has 0 fully saturated rings. The summed E-state index contributed by atoms with van der Waals surface area (Å²) in [6, 6.07) is 1.87. The molecule has 1 N–H and O–H groups in total. The van der Waals surface area contributed by atoms with Gasteiger partial charge in [0.1, 0.15) is 0 Å². The molecule has 0 aliphatic carbocycles. The predicted octanol–water partition coefficient (Wildman–Crippen LogP) is -0.422. The maximum absolute atomic E-state index is 11.7. The van der Waals surface area contributed by atoms with E-state index in [0.717, 1.165) is 0 Å². The molecule has 0 radical (unpaired) electrons. The van der Waals surface area contributed by atoms with Gasteiger partial charge in [-0.15, -0.1) is 0 Å². The van der Waals surface area contributed by atoms with Crippen molar-refractivity contribution in [3.8, 4) is 0 Å². The Hall–Kier alpha value is -1.40. The molecular formula is C11H20N4O2. The van der Waals surface area contributed by atoms with E-state index in [2.05, 4.69) is 10.4 Å². The summed E-state index contributed by atoms with van der Waals surface area (Å²) >= 11 is 0. The first-order valence-electron chi connectivity index (χ1n) is 5.65. The summed E-state index contributed by atoms with van der Waals surface area (Å²) in [5.41, 5.74) is 0. The van der Waals surface area contributed by atoms with Gasteiger partial charge in [0.25, 0.3) is 0 Å². The topological polar surface area (TPSA) is 59.4 Å². The number of nitrogens with zero attached hydrogens (tertiary/aromatic N) is 3. The smallest absolute Gasteiger partial charge is 0.236 e. The van der Waals surface area contributed by atoms with Crippen LogP contribution in [0.3, 0.4) is 0 Å². The summed E-state index contributed by atoms with van der Waals surface area (Å²) in [6.07, 6.45) is 3.61. The first-order valence-corrected chi connectivity index (χ1v) is 5.65. The van der Waals surface area contributed by atoms with Crippen molar-refractivity contribution >= 4 is 5.91 Å². The first-order chi connectivity index (χ1) is 8.24. The second-order valence-corrected chi connectivity index (χ2v) is 3.75. The van der Waals surface area contributed by atoms with Gasteiger partial charge in [0.15, 0.2) is 0 Å². The molecule has 0 saturated carbocycles. The van der Waals surface area contributed by atoms with E-state index in [-0.39, 0.29) is 5.91 Å². The monoisotopic (exact) mass is 240 g/mol. The lowest BCUT2D eigenvalue weighted by Crippen LogP contribution is -2.38. The fraction of sp³-hybridized carbons (Fsp3) is 0.636. The van der Waals surface area contributed by atoms with Crippen molar-refractivity contribution in [1.82, 2.24) is 20.0 Å². The van der Waals surface area contributed by atoms with Crippen LogP contribution < -0.4 is 5.32 Å². The van der Waals surface area contributed by atoms with Crippen molar-refractivity contribution in [2.45, 2.75) is 6.54 Å². The summed E-state index contributed by atoms with van der Waals surface area (Å²) in [5, 5.41) is 7.10. The van der Waals surface area contributed by atoms with E-state index in [0.29, 0.717) is 32.8 Å². The van der Waals surface area contributed by atoms with E-state index in [9.17, 15) is 4.79 Å². The Morgan fingerprint density at radius 3 is 3.06 bits per heavy atom. The molecule has 0 spiro atoms. The number of carbonyl (C=O) groups is 1. The highest BCUT2D eigenvalue weighted by Gasteiger charge is 2.07. The Bertz CT molecular complexity index is 313. The van der Waals surface area contributed by atoms with Crippen molar-refractivity contribution in [3.05, 3.63) is 18.5 Å². The summed E-state index contributed by atoms with van der Waals surface area (Å²) in [6.45, 7) is 3.03. The van der Waals surface area contributed by atoms with Crippen molar-refractivity contribution in [1.29, 1.82) is 0 Å². The number of methoxy groups -OCH3 is 1. The number of aromatic nitrogens is 2. The molecule has 1 aromatic rings. The number of likely N-dealkylation sites (N-methyl/N-ethyl adjacent to an activating group) is 1. The highest BCUT2D eigenvalue weighted by Crippen LogP contribution is 1.89. The third-order valence-corrected chi connectivity index (χ3v) is 2.41. The molecule has 0 atom stereocenters. The average Bonchev–Trinajstić information content (AvgIpc) is 2.84. The lowest BCUT2D eigenvalue weighted by molar-refractivity contribution is -0.129. The van der Waals surface area contributed by atoms with Crippen LogP contribution in [-0.2, 0) is 16.1 Å². The molecular weight excluding hydrogens is 220 g/mol. The minimum Gasteiger partial charge on any atom is -0.383 e. The largest absolute Gasteiger partial charge is 0.383 e. The van der Waals surface area contributed by atoms with Crippen LogP contribution in [-0.4, -0.2) is 61.0 Å². The number of rotatable bonds is 8. The van der Waals surface area contributed by atoms with Crippen LogP contribution >= 0.6 is 0 Å². The fourth-order valence-electron chi connectivity index (χ4n) is 1.31. The second-order valence-electron chi connectivity index (χ2n) is 3.75. The molecule has 96 valence electrons. The Morgan fingerprint density at radius 1 is 1.59 bits per heavy atom. The summed E-state index contributed by atoms with van der Waals surface area (Å²) in [4.78, 5) is 13.4. The molecule has 0 aliphatic heterocycles. The third kappa shape index (κ3) is 5.46. The van der Waals surface area contributed by atoms with E-state index < -0.39 is 0 Å². The lowest BCUT2D eigenvalue weighted by atomic mass is 10.4. The number of hydrogen-bond donors (Lipinski definition) is 1. The van der Waals surface area contributed by atoms with Gasteiger partial charge in [0.05, 0.1) is 19.7 Å². The number of hydrogen-bond acceptors (Lipinski definition) is 4. The molecule has 0 saturated heterocycles. The van der Waals surface area contributed by atoms with Gasteiger partial charge in [0, 0.05) is 39.6 Å². The maximum atomic E-state index is 11.7. The van der Waals surface area contributed by atoms with Gasteiger partial charge in [-0.2, -0.15) is 5.10 Å². The van der Waals surface area contributed by atoms with Crippen molar-refractivity contribution < 1.29 is 9.53 Å². The van der Waals surface area contributed by atoms with Crippen LogP contribution in [0.5, 0.6) is 0 Å². The molecule has 0 unspecified atom stereocenters. The van der Waals surface area contributed by atoms with Gasteiger partial charge in [-0.05, 0) is 6.07 Å². The van der Waals surface area contributed by atoms with Crippen LogP contribution in [0, 0.1) is 0 Å². The van der Waals surface area contributed by atoms with Gasteiger partial charge >= 0.3 is 0 Å². The highest BCUT2D eigenvalue weighted by molar-refractivity contribution is 5.77. The summed E-state index contributed by atoms with van der Waals surface area (Å²) in [7, 11) is 3.43. The number of nitrogens with one attached hydrogen (secondary N) is 1. The SMILES string of the molecule is COCCNCC(=O)N(C)CCn1cccn1. The molecule has 6 nitrogen and oxygen atoms in total. The molecule has 6 heteroatoms. The molecule has 1 rings (SSSR count). The zero-order valence-corrected chi connectivity index (χ0v) is 10.4. The molecule has 1 aromatic heterocycles. The minimum atomic E-state index is 0.0771. The minimum absolute atomic E-state index is 0.0771. The molecule has 17 heavy (non-hydrogen) atoms. The Morgan fingerprint density at radius 2 is 2.41 bits per heavy atom. The third-order valence-electron chi connectivity index (χ3n) is 2.41. The van der Waals surface area contributed by atoms with Crippen LogP contribution in [0.2, 0.25) is 0 Å². The molecule has 1 amide bonds. The van der Waals surface area contributed by atoms with Gasteiger partial charge in [-0.3, -0.25) is 9.48 Å². The van der Waals surface area contributed by atoms with Crippen LogP contribution in [0.4, 0.5) is 0 Å². The van der Waals surface area contributed by atoms with E-state index >= 15 is 0 Å². The predicted molar refractivity (Wildman–Crippen MR) is 64.6 cm³/mol. The number of amides is 1. The quantitative estimate of drug-likeness (QED) is 0.627. The summed E-state index contributed by atoms with van der Waals surface area (Å²) < 4.78 is 6.69. The Balaban J connectivity index is 2.13. The van der Waals surface area contributed by atoms with Crippen molar-refractivity contribution in [3.63, 3.8) is 0 Å². The lowest BCUT2D eigenvalue weighted by Gasteiger charge is -2.17. The van der Waals surface area contributed by atoms with Crippen molar-refractivity contribution in [2.75, 3.05) is 40.4 Å². The standard InChI is InChI=1S/C11H20N4O2/c1-14(7-8-15-6-3-4-13-15)11(16)10-12-5-9-17-2/h3-4,6,12H,5,7-10H2,1-2H3. The zero-order chi connectivity index (χ0) is 12.5. The van der Waals surface area contributed by atoms with Crippen LogP contribution in [0.25, 0.3) is 0 Å². The van der Waals surface area contributed by atoms with E-state index in [1.807, 2.05) is 16.9 Å². The Kier molecular flexibility index (Phi) is 6.27. The maximum Gasteiger partial charge on any atom is 0.236 e. The van der Waals surface area contributed by atoms with Crippen LogP contribution in [0.15, 0.2) is 18.5 Å². The second kappa shape index (κ2) is 7.81. The van der Waals surface area contributed by atoms with E-state index in [1.165, 1.54) is 0 Å². The Labute approximate surface area is 102 Å². The normalized spacial score (nSPS) is 10.5. The molecule has 0 bridgehead atoms. The molecule has 0 aliphatic rings. The van der Waals surface area contributed by atoms with Gasteiger partial charge in [-0.25, -0.2) is 0 Å². The summed E-state index contributed by atoms with van der Waals surface area (Å²) in [5.74, 6) is 0.0771. The highest BCUT2D eigenvalue weighted by atomic mass is 16.5. The number of carbonyl (C=O) groups excluding carboxylic acids is 1. The van der Waals surface area contributed by atoms with Crippen molar-refractivity contribution in [2.24, 2.45) is 0 Å². The molecule has 0 aromatic carbocycles. The number of ether oxygens (including phenoxy) is 1. The zero-order valence-electron chi connectivity index (χ0n) is 10.4. The van der Waals surface area contributed by atoms with Crippen LogP contribution in [0.1, 0.15) is 0 Å². The fourth-order valence-corrected chi connectivity index (χ4v) is 1.31. The van der Waals surface area contributed by atoms with Gasteiger partial charge in [0.2, 0.25) is 5.91 Å². The van der Waals surface area contributed by atoms with Gasteiger partial charge in [-0.1, -0.05) is 0 Å². The molecule has 1 heterocycles. The van der Waals surface area contributed by atoms with E-state index in [1.54, 1.807) is 25.3 Å². The average molecular weight is 240 g/mol. The van der Waals surface area contributed by atoms with Gasteiger partial charge < -0.3 is 15.0 Å².